The van der Waals surface area contributed by atoms with Gasteiger partial charge in [0.05, 0.1) is 11.3 Å². The smallest absolute Gasteiger partial charge is 0.407 e. The van der Waals surface area contributed by atoms with Crippen LogP contribution in [0, 0.1) is 0 Å². The van der Waals surface area contributed by atoms with Crippen LogP contribution < -0.4 is 5.32 Å². The molecule has 8 heteroatoms. The predicted octanol–water partition coefficient (Wildman–Crippen LogP) is 5.43. The van der Waals surface area contributed by atoms with Crippen LogP contribution in [0.1, 0.15) is 103 Å². The summed E-state index contributed by atoms with van der Waals surface area (Å²) < 4.78 is 19.7. The Morgan fingerprint density at radius 2 is 2.08 bits per heavy atom. The number of ether oxygens (including phenoxy) is 3. The fourth-order valence-electron chi connectivity index (χ4n) is 5.38. The molecule has 4 rings (SSSR count). The molecule has 1 aromatic rings. The summed E-state index contributed by atoms with van der Waals surface area (Å²) in [4.78, 5) is 14.4. The molecule has 3 unspecified atom stereocenters. The molecule has 3 atom stereocenters. The maximum atomic E-state index is 12.1. The van der Waals surface area contributed by atoms with Gasteiger partial charge in [0.15, 0.2) is 0 Å². The molecule has 2 saturated heterocycles. The van der Waals surface area contributed by atoms with E-state index in [9.17, 15) is 4.79 Å². The van der Waals surface area contributed by atoms with E-state index in [0.29, 0.717) is 6.54 Å². The first-order valence-electron chi connectivity index (χ1n) is 13.8. The van der Waals surface area contributed by atoms with Gasteiger partial charge in [-0.05, 0) is 98.1 Å². The Labute approximate surface area is 216 Å². The van der Waals surface area contributed by atoms with Crippen LogP contribution in [-0.4, -0.2) is 64.8 Å². The molecule has 1 aliphatic carbocycles. The fraction of sp³-hybridized carbons (Fsp3) is 0.786. The molecule has 0 bridgehead atoms. The molecule has 8 nitrogen and oxygen atoms in total. The third kappa shape index (κ3) is 7.11. The zero-order chi connectivity index (χ0) is 25.8. The van der Waals surface area contributed by atoms with Crippen molar-refractivity contribution in [2.45, 2.75) is 115 Å². The highest BCUT2D eigenvalue weighted by Gasteiger charge is 2.35. The normalized spacial score (nSPS) is 26.1. The van der Waals surface area contributed by atoms with Crippen molar-refractivity contribution >= 4 is 11.7 Å². The minimum Gasteiger partial charge on any atom is -0.444 e. The van der Waals surface area contributed by atoms with Crippen LogP contribution in [0.25, 0.3) is 5.57 Å². The zero-order valence-corrected chi connectivity index (χ0v) is 23.0. The number of rotatable bonds is 7. The lowest BCUT2D eigenvalue weighted by atomic mass is 9.79. The van der Waals surface area contributed by atoms with Crippen molar-refractivity contribution in [3.8, 4) is 0 Å². The summed E-state index contributed by atoms with van der Waals surface area (Å²) in [7, 11) is 2.10. The highest BCUT2D eigenvalue weighted by atomic mass is 16.6. The molecule has 0 radical (unpaired) electrons. The maximum Gasteiger partial charge on any atom is 0.407 e. The number of carbonyl (C=O) groups is 1. The van der Waals surface area contributed by atoms with Gasteiger partial charge >= 0.3 is 6.09 Å². The predicted molar refractivity (Wildman–Crippen MR) is 141 cm³/mol. The van der Waals surface area contributed by atoms with E-state index in [0.717, 1.165) is 57.6 Å². The monoisotopic (exact) mass is 502 g/mol. The maximum absolute atomic E-state index is 12.1. The summed E-state index contributed by atoms with van der Waals surface area (Å²) in [5.74, 6) is 0. The Balaban J connectivity index is 1.46. The largest absolute Gasteiger partial charge is 0.444 e. The van der Waals surface area contributed by atoms with Gasteiger partial charge in [0.1, 0.15) is 11.8 Å². The molecule has 3 aliphatic rings. The second-order valence-electron chi connectivity index (χ2n) is 11.9. The number of hydrogen-bond donors (Lipinski definition) is 1. The molecular weight excluding hydrogens is 456 g/mol. The van der Waals surface area contributed by atoms with E-state index < -0.39 is 5.60 Å². The van der Waals surface area contributed by atoms with Crippen molar-refractivity contribution in [1.82, 2.24) is 20.0 Å². The van der Waals surface area contributed by atoms with Crippen LogP contribution in [0.15, 0.2) is 12.3 Å². The summed E-state index contributed by atoms with van der Waals surface area (Å²) >= 11 is 0. The summed E-state index contributed by atoms with van der Waals surface area (Å²) in [6.07, 6.45) is 14.1. The lowest BCUT2D eigenvalue weighted by Gasteiger charge is -2.39. The number of hydrogen-bond acceptors (Lipinski definition) is 6. The van der Waals surface area contributed by atoms with Gasteiger partial charge in [0.2, 0.25) is 0 Å². The Kier molecular flexibility index (Phi) is 8.79. The molecule has 0 aromatic carbocycles. The van der Waals surface area contributed by atoms with Crippen LogP contribution in [0.3, 0.4) is 0 Å². The van der Waals surface area contributed by atoms with E-state index in [1.54, 1.807) is 0 Å². The number of nitrogens with one attached hydrogen (secondary N) is 1. The van der Waals surface area contributed by atoms with Crippen molar-refractivity contribution in [2.24, 2.45) is 0 Å². The molecule has 2 fully saturated rings. The second-order valence-corrected chi connectivity index (χ2v) is 11.9. The van der Waals surface area contributed by atoms with Crippen LogP contribution in [0.5, 0.6) is 0 Å². The third-order valence-electron chi connectivity index (χ3n) is 7.68. The average Bonchev–Trinajstić information content (AvgIpc) is 3.26. The molecule has 1 spiro atoms. The van der Waals surface area contributed by atoms with Crippen LogP contribution in [0.2, 0.25) is 0 Å². The Morgan fingerprint density at radius 3 is 2.72 bits per heavy atom. The first-order valence-corrected chi connectivity index (χ1v) is 13.8. The van der Waals surface area contributed by atoms with Gasteiger partial charge in [0, 0.05) is 44.1 Å². The zero-order valence-electron chi connectivity index (χ0n) is 23.0. The van der Waals surface area contributed by atoms with Crippen molar-refractivity contribution < 1.29 is 19.0 Å². The van der Waals surface area contributed by atoms with Crippen molar-refractivity contribution in [2.75, 3.05) is 26.8 Å². The van der Waals surface area contributed by atoms with Crippen LogP contribution >= 0.6 is 0 Å². The molecule has 1 amide bonds. The summed E-state index contributed by atoms with van der Waals surface area (Å²) in [5, 5.41) is 7.99. The molecular formula is C28H46N4O4. The minimum absolute atomic E-state index is 0.0139. The quantitative estimate of drug-likeness (QED) is 0.535. The van der Waals surface area contributed by atoms with Crippen molar-refractivity contribution in [3.05, 3.63) is 23.5 Å². The van der Waals surface area contributed by atoms with Gasteiger partial charge in [-0.2, -0.15) is 5.10 Å². The highest BCUT2D eigenvalue weighted by molar-refractivity contribution is 5.67. The number of aromatic nitrogens is 2. The lowest BCUT2D eigenvalue weighted by molar-refractivity contribution is -0.0823. The van der Waals surface area contributed by atoms with Gasteiger partial charge in [-0.25, -0.2) is 9.48 Å². The van der Waals surface area contributed by atoms with E-state index in [1.807, 2.05) is 25.5 Å². The molecule has 1 N–H and O–H groups in total. The lowest BCUT2D eigenvalue weighted by Crippen LogP contribution is -2.41. The summed E-state index contributed by atoms with van der Waals surface area (Å²) in [5.41, 5.74) is 3.16. The number of nitrogens with zero attached hydrogens (tertiary/aromatic N) is 3. The molecule has 1 aromatic heterocycles. The van der Waals surface area contributed by atoms with E-state index in [4.69, 9.17) is 19.3 Å². The van der Waals surface area contributed by atoms with Gasteiger partial charge < -0.3 is 19.5 Å². The summed E-state index contributed by atoms with van der Waals surface area (Å²) in [6.45, 7) is 10.7. The molecule has 36 heavy (non-hydrogen) atoms. The van der Waals surface area contributed by atoms with E-state index >= 15 is 0 Å². The van der Waals surface area contributed by atoms with E-state index in [2.05, 4.69) is 36.5 Å². The third-order valence-corrected chi connectivity index (χ3v) is 7.68. The Bertz CT molecular complexity index is 907. The number of likely N-dealkylation sites (N-methyl/N-ethyl adjacent to an activating group) is 1. The van der Waals surface area contributed by atoms with Crippen molar-refractivity contribution in [3.63, 3.8) is 0 Å². The molecule has 3 heterocycles. The Morgan fingerprint density at radius 1 is 1.28 bits per heavy atom. The van der Waals surface area contributed by atoms with E-state index in [-0.39, 0.29) is 24.0 Å². The topological polar surface area (TPSA) is 77.9 Å². The van der Waals surface area contributed by atoms with Gasteiger partial charge in [-0.15, -0.1) is 0 Å². The van der Waals surface area contributed by atoms with Crippen molar-refractivity contribution in [1.29, 1.82) is 0 Å². The molecule has 202 valence electrons. The SMILES string of the molecule is CC(CNC(=O)OC(C)(C)C)N(C)Cc1cn(C2CCCCO2)nc1C1=CCC2(CCCCO2)CC1. The number of amides is 1. The first-order chi connectivity index (χ1) is 17.1. The average molecular weight is 503 g/mol. The second kappa shape index (κ2) is 11.7. The van der Waals surface area contributed by atoms with E-state index in [1.165, 1.54) is 36.8 Å². The van der Waals surface area contributed by atoms with Gasteiger partial charge in [-0.1, -0.05) is 6.08 Å². The molecule has 0 saturated carbocycles. The first kappa shape index (κ1) is 27.1. The molecule has 2 aliphatic heterocycles. The number of allylic oxidation sites excluding steroid dienone is 1. The summed E-state index contributed by atoms with van der Waals surface area (Å²) in [6, 6.07) is 0.138. The fourth-order valence-corrected chi connectivity index (χ4v) is 5.38. The Hall–Kier alpha value is -1.90. The van der Waals surface area contributed by atoms with Crippen LogP contribution in [0.4, 0.5) is 4.79 Å². The van der Waals surface area contributed by atoms with Gasteiger partial charge in [-0.3, -0.25) is 4.90 Å². The number of alkyl carbamates (subject to hydrolysis) is 1. The minimum atomic E-state index is -0.501. The van der Waals surface area contributed by atoms with Crippen LogP contribution in [-0.2, 0) is 20.8 Å². The standard InChI is InChI=1S/C28H46N4O4/c1-21(18-29-26(33)36-27(2,3)4)31(5)19-23-20-32(24-10-6-8-16-34-24)30-25(23)22-11-14-28(15-12-22)13-7-9-17-35-28/h11,20-21,24H,6-10,12-19H2,1-5H3,(H,29,33). The van der Waals surface area contributed by atoms with Gasteiger partial charge in [0.25, 0.3) is 0 Å². The number of carbonyl (C=O) groups excluding carboxylic acids is 1. The highest BCUT2D eigenvalue weighted by Crippen LogP contribution is 2.41.